The summed E-state index contributed by atoms with van der Waals surface area (Å²) in [5.74, 6) is 2.04. The van der Waals surface area contributed by atoms with Crippen LogP contribution in [0.2, 0.25) is 0 Å². The number of nitrogens with two attached hydrogens (primary N) is 2. The Hall–Kier alpha value is -2.43. The predicted molar refractivity (Wildman–Crippen MR) is 70.7 cm³/mol. The Balaban J connectivity index is 2.17. The largest absolute Gasteiger partial charge is 0.494 e. The van der Waals surface area contributed by atoms with Crippen molar-refractivity contribution in [2.75, 3.05) is 18.1 Å². The van der Waals surface area contributed by atoms with Crippen LogP contribution in [-0.2, 0) is 0 Å². The van der Waals surface area contributed by atoms with E-state index in [4.69, 9.17) is 20.9 Å². The fraction of sp³-hybridized carbons (Fsp3) is 0.154. The standard InChI is InChI=1S/C13H15N3O2/c1-2-17-9-4-3-5-10(8-9)18-12-7-6-11(14)13(15)16-12/h3-8H,2,14H2,1H3,(H2,15,16). The molecule has 1 aromatic carbocycles. The molecule has 0 amide bonds. The summed E-state index contributed by atoms with van der Waals surface area (Å²) in [5.41, 5.74) is 11.6. The number of rotatable bonds is 4. The van der Waals surface area contributed by atoms with Crippen LogP contribution >= 0.6 is 0 Å². The number of aromatic nitrogens is 1. The third-order valence-electron chi connectivity index (χ3n) is 2.27. The second-order valence-electron chi connectivity index (χ2n) is 3.63. The Labute approximate surface area is 105 Å². The Morgan fingerprint density at radius 3 is 2.61 bits per heavy atom. The van der Waals surface area contributed by atoms with Crippen molar-refractivity contribution in [1.29, 1.82) is 0 Å². The number of hydrogen-bond donors (Lipinski definition) is 2. The first-order chi connectivity index (χ1) is 8.69. The molecule has 0 aliphatic heterocycles. The lowest BCUT2D eigenvalue weighted by Gasteiger charge is -2.08. The number of ether oxygens (including phenoxy) is 2. The van der Waals surface area contributed by atoms with Crippen molar-refractivity contribution in [3.8, 4) is 17.4 Å². The SMILES string of the molecule is CCOc1cccc(Oc2ccc(N)c(N)n2)c1. The van der Waals surface area contributed by atoms with Crippen LogP contribution in [-0.4, -0.2) is 11.6 Å². The van der Waals surface area contributed by atoms with Crippen LogP contribution < -0.4 is 20.9 Å². The van der Waals surface area contributed by atoms with Crippen molar-refractivity contribution in [3.63, 3.8) is 0 Å². The van der Waals surface area contributed by atoms with Gasteiger partial charge in [0.2, 0.25) is 5.88 Å². The smallest absolute Gasteiger partial charge is 0.221 e. The summed E-state index contributed by atoms with van der Waals surface area (Å²) in [4.78, 5) is 4.03. The molecule has 18 heavy (non-hydrogen) atoms. The highest BCUT2D eigenvalue weighted by molar-refractivity contribution is 5.58. The van der Waals surface area contributed by atoms with Gasteiger partial charge in [-0.05, 0) is 25.1 Å². The lowest BCUT2D eigenvalue weighted by Crippen LogP contribution is -1.99. The van der Waals surface area contributed by atoms with Gasteiger partial charge in [0.05, 0.1) is 12.3 Å². The van der Waals surface area contributed by atoms with Crippen LogP contribution in [0.5, 0.6) is 17.4 Å². The maximum absolute atomic E-state index is 5.61. The molecule has 5 nitrogen and oxygen atoms in total. The summed E-state index contributed by atoms with van der Waals surface area (Å²) in [5, 5.41) is 0. The number of nitrogens with zero attached hydrogens (tertiary/aromatic N) is 1. The molecule has 0 fully saturated rings. The van der Waals surface area contributed by atoms with Crippen molar-refractivity contribution < 1.29 is 9.47 Å². The quantitative estimate of drug-likeness (QED) is 0.864. The van der Waals surface area contributed by atoms with Crippen molar-refractivity contribution in [2.45, 2.75) is 6.92 Å². The molecule has 0 spiro atoms. The van der Waals surface area contributed by atoms with Crippen LogP contribution in [0.25, 0.3) is 0 Å². The van der Waals surface area contributed by atoms with Crippen LogP contribution in [0.4, 0.5) is 11.5 Å². The summed E-state index contributed by atoms with van der Waals surface area (Å²) in [7, 11) is 0. The number of benzene rings is 1. The Morgan fingerprint density at radius 1 is 1.11 bits per heavy atom. The molecule has 0 radical (unpaired) electrons. The highest BCUT2D eigenvalue weighted by Crippen LogP contribution is 2.25. The van der Waals surface area contributed by atoms with Gasteiger partial charge in [-0.2, -0.15) is 4.98 Å². The van der Waals surface area contributed by atoms with Gasteiger partial charge in [0.1, 0.15) is 11.5 Å². The minimum atomic E-state index is 0.258. The first kappa shape index (κ1) is 12.0. The Bertz CT molecular complexity index is 544. The molecule has 0 unspecified atom stereocenters. The van der Waals surface area contributed by atoms with Gasteiger partial charge in [-0.25, -0.2) is 0 Å². The molecule has 0 aliphatic carbocycles. The van der Waals surface area contributed by atoms with Crippen LogP contribution in [0.15, 0.2) is 36.4 Å². The molecule has 1 aromatic heterocycles. The third-order valence-corrected chi connectivity index (χ3v) is 2.27. The lowest BCUT2D eigenvalue weighted by atomic mass is 10.3. The topological polar surface area (TPSA) is 83.4 Å². The average Bonchev–Trinajstić information content (AvgIpc) is 2.35. The zero-order valence-corrected chi connectivity index (χ0v) is 10.1. The number of hydrogen-bond acceptors (Lipinski definition) is 5. The van der Waals surface area contributed by atoms with Gasteiger partial charge >= 0.3 is 0 Å². The third kappa shape index (κ3) is 2.82. The van der Waals surface area contributed by atoms with E-state index < -0.39 is 0 Å². The lowest BCUT2D eigenvalue weighted by molar-refractivity contribution is 0.338. The summed E-state index contributed by atoms with van der Waals surface area (Å²) >= 11 is 0. The summed E-state index contributed by atoms with van der Waals surface area (Å²) in [6.07, 6.45) is 0. The first-order valence-corrected chi connectivity index (χ1v) is 5.61. The number of anilines is 2. The van der Waals surface area contributed by atoms with E-state index in [9.17, 15) is 0 Å². The summed E-state index contributed by atoms with van der Waals surface area (Å²) in [6.45, 7) is 2.53. The van der Waals surface area contributed by atoms with E-state index in [0.717, 1.165) is 5.75 Å². The van der Waals surface area contributed by atoms with Crippen molar-refractivity contribution in [1.82, 2.24) is 4.98 Å². The summed E-state index contributed by atoms with van der Waals surface area (Å²) < 4.78 is 11.0. The molecule has 2 aromatic rings. The van der Waals surface area contributed by atoms with Crippen LogP contribution in [0.1, 0.15) is 6.92 Å². The van der Waals surface area contributed by atoms with E-state index in [1.165, 1.54) is 0 Å². The van der Waals surface area contributed by atoms with E-state index in [2.05, 4.69) is 4.98 Å². The first-order valence-electron chi connectivity index (χ1n) is 5.61. The van der Waals surface area contributed by atoms with Crippen LogP contribution in [0.3, 0.4) is 0 Å². The normalized spacial score (nSPS) is 10.1. The minimum Gasteiger partial charge on any atom is -0.494 e. The minimum absolute atomic E-state index is 0.258. The fourth-order valence-corrected chi connectivity index (χ4v) is 1.44. The second kappa shape index (κ2) is 5.27. The Morgan fingerprint density at radius 2 is 1.89 bits per heavy atom. The van der Waals surface area contributed by atoms with Gasteiger partial charge in [-0.3, -0.25) is 0 Å². The van der Waals surface area contributed by atoms with E-state index in [1.807, 2.05) is 25.1 Å². The van der Waals surface area contributed by atoms with Gasteiger partial charge < -0.3 is 20.9 Å². The Kier molecular flexibility index (Phi) is 3.52. The van der Waals surface area contributed by atoms with Crippen LogP contribution in [0, 0.1) is 0 Å². The van der Waals surface area contributed by atoms with Crippen molar-refractivity contribution in [2.24, 2.45) is 0 Å². The fourth-order valence-electron chi connectivity index (χ4n) is 1.44. The van der Waals surface area contributed by atoms with E-state index >= 15 is 0 Å². The van der Waals surface area contributed by atoms with Gasteiger partial charge in [-0.15, -0.1) is 0 Å². The molecule has 0 atom stereocenters. The maximum atomic E-state index is 5.61. The molecule has 0 saturated carbocycles. The average molecular weight is 245 g/mol. The van der Waals surface area contributed by atoms with E-state index in [-0.39, 0.29) is 5.82 Å². The number of pyridine rings is 1. The molecular formula is C13H15N3O2. The van der Waals surface area contributed by atoms with Gasteiger partial charge in [-0.1, -0.05) is 6.07 Å². The van der Waals surface area contributed by atoms with Gasteiger partial charge in [0.15, 0.2) is 5.82 Å². The monoisotopic (exact) mass is 245 g/mol. The molecule has 5 heteroatoms. The molecule has 2 rings (SSSR count). The second-order valence-corrected chi connectivity index (χ2v) is 3.63. The highest BCUT2D eigenvalue weighted by Gasteiger charge is 2.03. The number of nitrogen functional groups attached to an aromatic ring is 2. The zero-order valence-electron chi connectivity index (χ0n) is 10.1. The maximum Gasteiger partial charge on any atom is 0.221 e. The van der Waals surface area contributed by atoms with E-state index in [0.29, 0.717) is 23.9 Å². The molecule has 0 saturated heterocycles. The molecule has 4 N–H and O–H groups in total. The molecule has 0 bridgehead atoms. The molecule has 94 valence electrons. The van der Waals surface area contributed by atoms with E-state index in [1.54, 1.807) is 18.2 Å². The summed E-state index contributed by atoms with van der Waals surface area (Å²) in [6, 6.07) is 10.6. The molecule has 0 aliphatic rings. The predicted octanol–water partition coefficient (Wildman–Crippen LogP) is 2.44. The molecule has 1 heterocycles. The molecular weight excluding hydrogens is 230 g/mol. The highest BCUT2D eigenvalue weighted by atomic mass is 16.5. The zero-order chi connectivity index (χ0) is 13.0. The van der Waals surface area contributed by atoms with Crippen molar-refractivity contribution >= 4 is 11.5 Å². The van der Waals surface area contributed by atoms with Gasteiger partial charge in [0, 0.05) is 12.1 Å². The van der Waals surface area contributed by atoms with Gasteiger partial charge in [0.25, 0.3) is 0 Å². The van der Waals surface area contributed by atoms with Crippen molar-refractivity contribution in [3.05, 3.63) is 36.4 Å².